The summed E-state index contributed by atoms with van der Waals surface area (Å²) >= 11 is 0. The number of hydrazine groups is 1. The lowest BCUT2D eigenvalue weighted by Crippen LogP contribution is -2.47. The van der Waals surface area contributed by atoms with Gasteiger partial charge in [-0.2, -0.15) is 0 Å². The first-order valence-corrected chi connectivity index (χ1v) is 13.2. The second-order valence-corrected chi connectivity index (χ2v) is 10.4. The molecule has 37 heavy (non-hydrogen) atoms. The maximum Gasteiger partial charge on any atom is 0.241 e. The third-order valence-corrected chi connectivity index (χ3v) is 7.88. The Morgan fingerprint density at radius 2 is 1.11 bits per heavy atom. The predicted molar refractivity (Wildman–Crippen MR) is 140 cm³/mol. The standard InChI is InChI=1S/C31H34N2O4/c1-22-17-32-27-26(18-33(32)31(22)34)28(35-19-23-11-5-2-6-12-23)30(37-21-25-15-9-4-10-16-25)29(27)36-20-24-13-7-3-8-14-24/h2-16,22,26-30H,17-21H2,1H3/t22-,26-,27+,28+,29-,30-/m0/s1. The lowest BCUT2D eigenvalue weighted by molar-refractivity contribution is -0.153. The Morgan fingerprint density at radius 3 is 1.62 bits per heavy atom. The fraction of sp³-hybridized carbons (Fsp3) is 0.387. The van der Waals surface area contributed by atoms with Gasteiger partial charge in [-0.1, -0.05) is 97.9 Å². The molecule has 0 aromatic heterocycles. The van der Waals surface area contributed by atoms with E-state index in [4.69, 9.17) is 14.2 Å². The second-order valence-electron chi connectivity index (χ2n) is 10.4. The van der Waals surface area contributed by atoms with Crippen molar-refractivity contribution in [3.05, 3.63) is 108 Å². The molecule has 6 rings (SSSR count). The number of fused-ring (bicyclic) bond motifs is 3. The van der Waals surface area contributed by atoms with E-state index in [0.717, 1.165) is 16.7 Å². The molecule has 3 aliphatic rings. The van der Waals surface area contributed by atoms with Gasteiger partial charge in [-0.25, -0.2) is 5.01 Å². The van der Waals surface area contributed by atoms with E-state index < -0.39 is 0 Å². The van der Waals surface area contributed by atoms with Gasteiger partial charge in [-0.15, -0.1) is 0 Å². The van der Waals surface area contributed by atoms with Crippen LogP contribution >= 0.6 is 0 Å². The maximum absolute atomic E-state index is 13.0. The van der Waals surface area contributed by atoms with Crippen molar-refractivity contribution < 1.29 is 19.0 Å². The van der Waals surface area contributed by atoms with Gasteiger partial charge in [0.2, 0.25) is 5.91 Å². The zero-order chi connectivity index (χ0) is 25.2. The van der Waals surface area contributed by atoms with Gasteiger partial charge in [0.25, 0.3) is 0 Å². The van der Waals surface area contributed by atoms with E-state index in [-0.39, 0.29) is 42.1 Å². The molecular weight excluding hydrogens is 464 g/mol. The summed E-state index contributed by atoms with van der Waals surface area (Å²) < 4.78 is 20.0. The summed E-state index contributed by atoms with van der Waals surface area (Å²) in [5.74, 6) is 0.296. The number of hydrogen-bond acceptors (Lipinski definition) is 5. The van der Waals surface area contributed by atoms with Crippen molar-refractivity contribution >= 4 is 5.91 Å². The van der Waals surface area contributed by atoms with Crippen molar-refractivity contribution in [3.63, 3.8) is 0 Å². The summed E-state index contributed by atoms with van der Waals surface area (Å²) in [5, 5.41) is 4.17. The highest BCUT2D eigenvalue weighted by atomic mass is 16.6. The van der Waals surface area contributed by atoms with E-state index in [9.17, 15) is 4.79 Å². The minimum Gasteiger partial charge on any atom is -0.370 e. The second kappa shape index (κ2) is 10.8. The van der Waals surface area contributed by atoms with Crippen LogP contribution in [0.25, 0.3) is 0 Å². The van der Waals surface area contributed by atoms with Crippen LogP contribution in [-0.2, 0) is 38.8 Å². The predicted octanol–water partition coefficient (Wildman–Crippen LogP) is 4.45. The fourth-order valence-corrected chi connectivity index (χ4v) is 6.08. The molecule has 0 unspecified atom stereocenters. The van der Waals surface area contributed by atoms with E-state index in [1.807, 2.05) is 66.5 Å². The highest BCUT2D eigenvalue weighted by Crippen LogP contribution is 2.45. The quantitative estimate of drug-likeness (QED) is 0.436. The first-order chi connectivity index (χ1) is 18.2. The molecule has 6 atom stereocenters. The maximum atomic E-state index is 13.0. The number of nitrogens with zero attached hydrogens (tertiary/aromatic N) is 2. The third-order valence-electron chi connectivity index (χ3n) is 7.88. The number of amides is 1. The number of rotatable bonds is 9. The van der Waals surface area contributed by atoms with Crippen LogP contribution in [0.15, 0.2) is 91.0 Å². The number of ether oxygens (including phenoxy) is 3. The van der Waals surface area contributed by atoms with Crippen LogP contribution in [0.2, 0.25) is 0 Å². The van der Waals surface area contributed by atoms with E-state index in [2.05, 4.69) is 41.4 Å². The average Bonchev–Trinajstić information content (AvgIpc) is 3.54. The van der Waals surface area contributed by atoms with Gasteiger partial charge in [-0.05, 0) is 16.7 Å². The van der Waals surface area contributed by atoms with Crippen molar-refractivity contribution in [1.29, 1.82) is 0 Å². The van der Waals surface area contributed by atoms with Gasteiger partial charge in [-0.3, -0.25) is 9.80 Å². The topological polar surface area (TPSA) is 51.2 Å². The Kier molecular flexibility index (Phi) is 7.07. The molecule has 0 spiro atoms. The van der Waals surface area contributed by atoms with Crippen LogP contribution in [0, 0.1) is 11.8 Å². The molecule has 1 saturated carbocycles. The Bertz CT molecular complexity index is 1180. The van der Waals surface area contributed by atoms with Gasteiger partial charge in [0.05, 0.1) is 37.9 Å². The molecule has 192 valence electrons. The van der Waals surface area contributed by atoms with Crippen molar-refractivity contribution in [2.45, 2.75) is 51.1 Å². The normalized spacial score (nSPS) is 29.0. The van der Waals surface area contributed by atoms with Crippen LogP contribution in [0.5, 0.6) is 0 Å². The lowest BCUT2D eigenvalue weighted by Gasteiger charge is -2.32. The van der Waals surface area contributed by atoms with Crippen LogP contribution in [0.1, 0.15) is 23.6 Å². The molecular formula is C31H34N2O4. The summed E-state index contributed by atoms with van der Waals surface area (Å²) in [6, 6.07) is 30.7. The SMILES string of the molecule is C[C@H]1CN2[C@@H]3[C@H](CN2C1=O)[C@@H](OCc1ccccc1)[C@H](OCc1ccccc1)[C@H]3OCc1ccccc1. The molecule has 2 saturated heterocycles. The molecule has 1 amide bonds. The summed E-state index contributed by atoms with van der Waals surface area (Å²) in [4.78, 5) is 13.0. The smallest absolute Gasteiger partial charge is 0.241 e. The molecule has 3 aromatic carbocycles. The number of benzene rings is 3. The third kappa shape index (κ3) is 4.94. The van der Waals surface area contributed by atoms with Crippen molar-refractivity contribution in [2.75, 3.05) is 13.1 Å². The van der Waals surface area contributed by atoms with Crippen molar-refractivity contribution in [1.82, 2.24) is 10.0 Å². The first-order valence-electron chi connectivity index (χ1n) is 13.2. The van der Waals surface area contributed by atoms with E-state index >= 15 is 0 Å². The monoisotopic (exact) mass is 498 g/mol. The van der Waals surface area contributed by atoms with Gasteiger partial charge in [0, 0.05) is 19.0 Å². The summed E-state index contributed by atoms with van der Waals surface area (Å²) in [7, 11) is 0. The number of hydrogen-bond donors (Lipinski definition) is 0. The Balaban J connectivity index is 1.29. The zero-order valence-electron chi connectivity index (χ0n) is 21.2. The van der Waals surface area contributed by atoms with Crippen LogP contribution in [0.4, 0.5) is 0 Å². The molecule has 2 aliphatic heterocycles. The average molecular weight is 499 g/mol. The molecule has 0 radical (unpaired) electrons. The van der Waals surface area contributed by atoms with Gasteiger partial charge >= 0.3 is 0 Å². The highest BCUT2D eigenvalue weighted by molar-refractivity contribution is 5.80. The first kappa shape index (κ1) is 24.3. The lowest BCUT2D eigenvalue weighted by atomic mass is 10.0. The summed E-state index contributed by atoms with van der Waals surface area (Å²) in [6.07, 6.45) is -0.669. The largest absolute Gasteiger partial charge is 0.370 e. The molecule has 2 heterocycles. The van der Waals surface area contributed by atoms with Crippen molar-refractivity contribution in [2.24, 2.45) is 11.8 Å². The summed E-state index contributed by atoms with van der Waals surface area (Å²) in [6.45, 7) is 4.83. The molecule has 1 aliphatic carbocycles. The van der Waals surface area contributed by atoms with E-state index in [0.29, 0.717) is 32.9 Å². The molecule has 0 N–H and O–H groups in total. The number of carbonyl (C=O) groups excluding carboxylic acids is 1. The number of carbonyl (C=O) groups is 1. The molecule has 3 aromatic rings. The van der Waals surface area contributed by atoms with Crippen LogP contribution in [0.3, 0.4) is 0 Å². The molecule has 0 bridgehead atoms. The Labute approximate surface area is 218 Å². The molecule has 3 fully saturated rings. The van der Waals surface area contributed by atoms with E-state index in [1.54, 1.807) is 0 Å². The Hall–Kier alpha value is -3.03. The zero-order valence-corrected chi connectivity index (χ0v) is 21.2. The van der Waals surface area contributed by atoms with Gasteiger partial charge < -0.3 is 14.2 Å². The molecule has 6 nitrogen and oxygen atoms in total. The van der Waals surface area contributed by atoms with Crippen molar-refractivity contribution in [3.8, 4) is 0 Å². The van der Waals surface area contributed by atoms with E-state index in [1.165, 1.54) is 0 Å². The van der Waals surface area contributed by atoms with Gasteiger partial charge in [0.1, 0.15) is 12.2 Å². The highest BCUT2D eigenvalue weighted by Gasteiger charge is 2.62. The van der Waals surface area contributed by atoms with Crippen LogP contribution in [-0.4, -0.2) is 53.4 Å². The minimum atomic E-state index is -0.254. The van der Waals surface area contributed by atoms with Crippen LogP contribution < -0.4 is 0 Å². The fourth-order valence-electron chi connectivity index (χ4n) is 6.08. The summed E-state index contributed by atoms with van der Waals surface area (Å²) in [5.41, 5.74) is 3.36. The Morgan fingerprint density at radius 1 is 0.649 bits per heavy atom. The van der Waals surface area contributed by atoms with Gasteiger partial charge in [0.15, 0.2) is 0 Å². The minimum absolute atomic E-state index is 0.0105. The molecule has 6 heteroatoms.